The van der Waals surface area contributed by atoms with Gasteiger partial charge in [0.25, 0.3) is 0 Å². The Morgan fingerprint density at radius 2 is 1.46 bits per heavy atom. The van der Waals surface area contributed by atoms with Crippen LogP contribution in [-0.4, -0.2) is 14.8 Å². The van der Waals surface area contributed by atoms with Gasteiger partial charge in [0.2, 0.25) is 0 Å². The Labute approximate surface area is 85.8 Å². The average Bonchev–Trinajstić information content (AvgIpc) is 2.02. The van der Waals surface area contributed by atoms with Gasteiger partial charge in [-0.25, -0.2) is 0 Å². The lowest BCUT2D eigenvalue weighted by atomic mass is 9.98. The van der Waals surface area contributed by atoms with Gasteiger partial charge in [-0.1, -0.05) is 13.8 Å². The van der Waals surface area contributed by atoms with Gasteiger partial charge in [-0.15, -0.1) is 4.72 Å². The highest BCUT2D eigenvalue weighted by atomic mass is 32.2. The van der Waals surface area contributed by atoms with Crippen molar-refractivity contribution in [3.63, 3.8) is 0 Å². The molecule has 0 aliphatic carbocycles. The van der Waals surface area contributed by atoms with Crippen LogP contribution in [0.3, 0.4) is 0 Å². The quantitative estimate of drug-likeness (QED) is 0.716. The Bertz CT molecular complexity index is 149. The van der Waals surface area contributed by atoms with Gasteiger partial charge in [0.1, 0.15) is 4.75 Å². The van der Waals surface area contributed by atoms with E-state index in [1.165, 1.54) is 0 Å². The zero-order valence-corrected chi connectivity index (χ0v) is 10.5. The van der Waals surface area contributed by atoms with E-state index in [1.54, 1.807) is 0 Å². The first-order valence-corrected chi connectivity index (χ1v) is 6.10. The Hall–Kier alpha value is 0.270. The molecule has 0 bridgehead atoms. The van der Waals surface area contributed by atoms with Gasteiger partial charge in [-0.2, -0.15) is 0 Å². The van der Waals surface area contributed by atoms with Crippen molar-refractivity contribution in [2.75, 3.05) is 0 Å². The lowest BCUT2D eigenvalue weighted by Crippen LogP contribution is -2.51. The monoisotopic (exact) mass is 205 g/mol. The molecule has 3 heteroatoms. The van der Waals surface area contributed by atoms with Crippen LogP contribution < -0.4 is 4.72 Å². The number of hydrogen-bond acceptors (Lipinski definition) is 2. The predicted molar refractivity (Wildman–Crippen MR) is 60.0 cm³/mol. The molecule has 0 amide bonds. The standard InChI is InChI=1S/C10H23NOS/c1-7-10(6,8-2)11-13(12)9(3,4)5/h11H,7-8H2,1-6H3. The summed E-state index contributed by atoms with van der Waals surface area (Å²) in [7, 11) is 0. The third-order valence-corrected chi connectivity index (χ3v) is 4.25. The topological polar surface area (TPSA) is 35.1 Å². The summed E-state index contributed by atoms with van der Waals surface area (Å²) in [5.74, 6) is 0. The number of rotatable bonds is 4. The molecule has 2 nitrogen and oxygen atoms in total. The molecular formula is C10H23NOS. The zero-order valence-electron chi connectivity index (χ0n) is 9.73. The molecule has 13 heavy (non-hydrogen) atoms. The van der Waals surface area contributed by atoms with Crippen LogP contribution in [0, 0.1) is 0 Å². The van der Waals surface area contributed by atoms with E-state index < -0.39 is 11.4 Å². The van der Waals surface area contributed by atoms with Crippen LogP contribution >= 0.6 is 0 Å². The molecular weight excluding hydrogens is 182 g/mol. The summed E-state index contributed by atoms with van der Waals surface area (Å²) in [6.45, 7) is 12.3. The smallest absolute Gasteiger partial charge is 0.136 e. The van der Waals surface area contributed by atoms with E-state index in [2.05, 4.69) is 25.5 Å². The summed E-state index contributed by atoms with van der Waals surface area (Å²) in [6.07, 6.45) is 2.01. The zero-order chi connectivity index (χ0) is 10.7. The molecule has 0 radical (unpaired) electrons. The highest BCUT2D eigenvalue weighted by molar-refractivity contribution is 7.90. The summed E-state index contributed by atoms with van der Waals surface area (Å²) in [5, 5.41) is 0. The van der Waals surface area contributed by atoms with Crippen LogP contribution in [0.4, 0.5) is 0 Å². The molecule has 80 valence electrons. The highest BCUT2D eigenvalue weighted by Crippen LogP contribution is 2.21. The highest BCUT2D eigenvalue weighted by Gasteiger charge is 2.33. The largest absolute Gasteiger partial charge is 0.598 e. The van der Waals surface area contributed by atoms with Crippen molar-refractivity contribution in [1.82, 2.24) is 4.72 Å². The second-order valence-corrected chi connectivity index (χ2v) is 6.72. The van der Waals surface area contributed by atoms with Gasteiger partial charge in [-0.05, 0) is 40.5 Å². The third-order valence-electron chi connectivity index (χ3n) is 2.46. The maximum absolute atomic E-state index is 11.8. The minimum absolute atomic E-state index is 0.0120. The van der Waals surface area contributed by atoms with Crippen LogP contribution in [0.2, 0.25) is 0 Å². The summed E-state index contributed by atoms with van der Waals surface area (Å²) < 4.78 is 14.8. The second kappa shape index (κ2) is 4.67. The van der Waals surface area contributed by atoms with E-state index in [0.29, 0.717) is 0 Å². The molecule has 0 saturated heterocycles. The molecule has 0 aliphatic heterocycles. The van der Waals surface area contributed by atoms with Gasteiger partial charge in [0, 0.05) is 11.4 Å². The lowest BCUT2D eigenvalue weighted by Gasteiger charge is -2.33. The molecule has 0 rings (SSSR count). The van der Waals surface area contributed by atoms with Crippen LogP contribution in [0.15, 0.2) is 0 Å². The van der Waals surface area contributed by atoms with Crippen molar-refractivity contribution in [2.24, 2.45) is 0 Å². The van der Waals surface area contributed by atoms with Crippen molar-refractivity contribution in [2.45, 2.75) is 64.7 Å². The molecule has 1 atom stereocenters. The van der Waals surface area contributed by atoms with Crippen molar-refractivity contribution < 1.29 is 4.55 Å². The molecule has 0 spiro atoms. The summed E-state index contributed by atoms with van der Waals surface area (Å²) >= 11 is -0.957. The SMILES string of the molecule is CCC(C)(CC)N[S+]([O-])C(C)(C)C. The molecule has 1 unspecified atom stereocenters. The maximum atomic E-state index is 11.8. The fourth-order valence-corrected chi connectivity index (χ4v) is 1.81. The van der Waals surface area contributed by atoms with E-state index in [9.17, 15) is 4.55 Å². The fraction of sp³-hybridized carbons (Fsp3) is 1.00. The third kappa shape index (κ3) is 4.34. The lowest BCUT2D eigenvalue weighted by molar-refractivity contribution is 0.382. The van der Waals surface area contributed by atoms with Gasteiger partial charge in [-0.3, -0.25) is 0 Å². The molecule has 0 aliphatic rings. The maximum Gasteiger partial charge on any atom is 0.136 e. The van der Waals surface area contributed by atoms with E-state index in [0.717, 1.165) is 12.8 Å². The first-order chi connectivity index (χ1) is 5.75. The molecule has 0 heterocycles. The van der Waals surface area contributed by atoms with E-state index in [-0.39, 0.29) is 10.3 Å². The molecule has 0 aromatic carbocycles. The molecule has 1 N–H and O–H groups in total. The number of hydrogen-bond donors (Lipinski definition) is 1. The molecule has 0 aromatic heterocycles. The summed E-state index contributed by atoms with van der Waals surface area (Å²) in [4.78, 5) is 0. The molecule has 0 fully saturated rings. The van der Waals surface area contributed by atoms with Crippen molar-refractivity contribution in [1.29, 1.82) is 0 Å². The van der Waals surface area contributed by atoms with Crippen molar-refractivity contribution in [3.8, 4) is 0 Å². The fourth-order valence-electron chi connectivity index (χ4n) is 0.771. The first kappa shape index (κ1) is 13.3. The van der Waals surface area contributed by atoms with E-state index >= 15 is 0 Å². The van der Waals surface area contributed by atoms with Crippen LogP contribution in [0.25, 0.3) is 0 Å². The van der Waals surface area contributed by atoms with Crippen LogP contribution in [0.5, 0.6) is 0 Å². The average molecular weight is 205 g/mol. The van der Waals surface area contributed by atoms with Gasteiger partial charge in [0.15, 0.2) is 0 Å². The van der Waals surface area contributed by atoms with Gasteiger partial charge in [0.05, 0.1) is 5.54 Å². The Morgan fingerprint density at radius 3 is 1.69 bits per heavy atom. The Morgan fingerprint density at radius 1 is 1.08 bits per heavy atom. The van der Waals surface area contributed by atoms with Gasteiger partial charge >= 0.3 is 0 Å². The Balaban J connectivity index is 4.25. The molecule has 0 saturated carbocycles. The van der Waals surface area contributed by atoms with Crippen molar-refractivity contribution in [3.05, 3.63) is 0 Å². The second-order valence-electron chi connectivity index (χ2n) is 4.75. The van der Waals surface area contributed by atoms with Crippen molar-refractivity contribution >= 4 is 11.4 Å². The first-order valence-electron chi connectivity index (χ1n) is 4.95. The minimum Gasteiger partial charge on any atom is -0.598 e. The van der Waals surface area contributed by atoms with E-state index in [1.807, 2.05) is 20.8 Å². The summed E-state index contributed by atoms with van der Waals surface area (Å²) in [5.41, 5.74) is 0.0120. The van der Waals surface area contributed by atoms with Gasteiger partial charge < -0.3 is 4.55 Å². The van der Waals surface area contributed by atoms with E-state index in [4.69, 9.17) is 0 Å². The predicted octanol–water partition coefficient (Wildman–Crippen LogP) is 2.62. The number of nitrogens with one attached hydrogen (secondary N) is 1. The van der Waals surface area contributed by atoms with Crippen LogP contribution in [0.1, 0.15) is 54.4 Å². The normalized spacial score (nSPS) is 15.9. The Kier molecular flexibility index (Phi) is 4.77. The van der Waals surface area contributed by atoms with Crippen LogP contribution in [-0.2, 0) is 11.4 Å². The molecule has 0 aromatic rings. The minimum atomic E-state index is -0.957. The summed E-state index contributed by atoms with van der Waals surface area (Å²) in [6, 6.07) is 0.